The van der Waals surface area contributed by atoms with Gasteiger partial charge in [0.15, 0.2) is 0 Å². The molecule has 0 aromatic heterocycles. The molecule has 2 rings (SSSR count). The summed E-state index contributed by atoms with van der Waals surface area (Å²) in [7, 11) is -3.84. The van der Waals surface area contributed by atoms with Crippen molar-refractivity contribution in [2.24, 2.45) is 5.73 Å². The standard InChI is InChI=1S/C15H17FN2O2S/c1-10-3-5-12(9-17)7-14(10)18-21(19,20)15-8-13(16)6-4-11(15)2/h3-8,18H,9,17H2,1-2H3. The predicted molar refractivity (Wildman–Crippen MR) is 81.0 cm³/mol. The second-order valence-corrected chi connectivity index (χ2v) is 6.52. The van der Waals surface area contributed by atoms with Crippen LogP contribution in [0.5, 0.6) is 0 Å². The van der Waals surface area contributed by atoms with Crippen LogP contribution in [0.3, 0.4) is 0 Å². The highest BCUT2D eigenvalue weighted by Gasteiger charge is 2.18. The van der Waals surface area contributed by atoms with Gasteiger partial charge in [-0.3, -0.25) is 4.72 Å². The van der Waals surface area contributed by atoms with E-state index < -0.39 is 15.8 Å². The summed E-state index contributed by atoms with van der Waals surface area (Å²) < 4.78 is 40.6. The van der Waals surface area contributed by atoms with Crippen molar-refractivity contribution in [1.29, 1.82) is 0 Å². The molecule has 0 unspecified atom stereocenters. The molecule has 0 heterocycles. The van der Waals surface area contributed by atoms with Gasteiger partial charge < -0.3 is 5.73 Å². The Balaban J connectivity index is 2.44. The highest BCUT2D eigenvalue weighted by molar-refractivity contribution is 7.92. The topological polar surface area (TPSA) is 72.2 Å². The minimum absolute atomic E-state index is 0.0694. The Morgan fingerprint density at radius 1 is 1.10 bits per heavy atom. The van der Waals surface area contributed by atoms with Crippen LogP contribution in [0.4, 0.5) is 10.1 Å². The first-order valence-corrected chi connectivity index (χ1v) is 7.90. The van der Waals surface area contributed by atoms with Gasteiger partial charge in [-0.1, -0.05) is 18.2 Å². The molecular formula is C15H17FN2O2S. The molecule has 2 aromatic carbocycles. The van der Waals surface area contributed by atoms with Crippen molar-refractivity contribution in [2.75, 3.05) is 4.72 Å². The Bertz CT molecular complexity index is 773. The van der Waals surface area contributed by atoms with Gasteiger partial charge in [0.2, 0.25) is 0 Å². The van der Waals surface area contributed by atoms with Crippen molar-refractivity contribution in [3.8, 4) is 0 Å². The zero-order valence-corrected chi connectivity index (χ0v) is 12.7. The number of nitrogens with two attached hydrogens (primary N) is 1. The normalized spacial score (nSPS) is 11.4. The third-order valence-corrected chi connectivity index (χ3v) is 4.73. The molecule has 0 saturated heterocycles. The second kappa shape index (κ2) is 5.83. The number of hydrogen-bond acceptors (Lipinski definition) is 3. The summed E-state index contributed by atoms with van der Waals surface area (Å²) >= 11 is 0. The first-order chi connectivity index (χ1) is 9.83. The summed E-state index contributed by atoms with van der Waals surface area (Å²) in [6.45, 7) is 3.72. The lowest BCUT2D eigenvalue weighted by Crippen LogP contribution is -2.15. The van der Waals surface area contributed by atoms with Gasteiger partial charge in [-0.15, -0.1) is 0 Å². The summed E-state index contributed by atoms with van der Waals surface area (Å²) in [5, 5.41) is 0. The molecule has 0 aliphatic rings. The Morgan fingerprint density at radius 3 is 2.43 bits per heavy atom. The Hall–Kier alpha value is -1.92. The van der Waals surface area contributed by atoms with Crippen molar-refractivity contribution in [3.05, 3.63) is 58.9 Å². The molecule has 0 aliphatic carbocycles. The van der Waals surface area contributed by atoms with Crippen molar-refractivity contribution < 1.29 is 12.8 Å². The Morgan fingerprint density at radius 2 is 1.76 bits per heavy atom. The van der Waals surface area contributed by atoms with Gasteiger partial charge in [-0.25, -0.2) is 12.8 Å². The minimum atomic E-state index is -3.84. The maximum absolute atomic E-state index is 13.3. The van der Waals surface area contributed by atoms with E-state index in [9.17, 15) is 12.8 Å². The van der Waals surface area contributed by atoms with Gasteiger partial charge in [0.1, 0.15) is 5.82 Å². The van der Waals surface area contributed by atoms with Gasteiger partial charge in [0, 0.05) is 6.54 Å². The van der Waals surface area contributed by atoms with Crippen LogP contribution in [0.1, 0.15) is 16.7 Å². The van der Waals surface area contributed by atoms with Crippen LogP contribution in [0.2, 0.25) is 0 Å². The summed E-state index contributed by atoms with van der Waals surface area (Å²) in [5.41, 5.74) is 8.07. The molecular weight excluding hydrogens is 291 g/mol. The van der Waals surface area contributed by atoms with Crippen molar-refractivity contribution in [3.63, 3.8) is 0 Å². The van der Waals surface area contributed by atoms with Crippen molar-refractivity contribution >= 4 is 15.7 Å². The fraction of sp³-hybridized carbons (Fsp3) is 0.200. The SMILES string of the molecule is Cc1ccc(CN)cc1NS(=O)(=O)c1cc(F)ccc1C. The Labute approximate surface area is 123 Å². The monoisotopic (exact) mass is 308 g/mol. The smallest absolute Gasteiger partial charge is 0.262 e. The van der Waals surface area contributed by atoms with E-state index in [1.54, 1.807) is 26.0 Å². The molecule has 0 aliphatic heterocycles. The zero-order chi connectivity index (χ0) is 15.6. The second-order valence-electron chi connectivity index (χ2n) is 4.87. The lowest BCUT2D eigenvalue weighted by atomic mass is 10.1. The van der Waals surface area contributed by atoms with Gasteiger partial charge in [-0.2, -0.15) is 0 Å². The molecule has 21 heavy (non-hydrogen) atoms. The third-order valence-electron chi connectivity index (χ3n) is 3.22. The third kappa shape index (κ3) is 3.40. The number of aryl methyl sites for hydroxylation is 2. The molecule has 0 spiro atoms. The van der Waals surface area contributed by atoms with E-state index in [-0.39, 0.29) is 4.90 Å². The van der Waals surface area contributed by atoms with Crippen LogP contribution in [0.25, 0.3) is 0 Å². The summed E-state index contributed by atoms with van der Waals surface area (Å²) in [6, 6.07) is 8.99. The van der Waals surface area contributed by atoms with Crippen LogP contribution in [-0.4, -0.2) is 8.42 Å². The molecule has 0 fully saturated rings. The molecule has 2 aromatic rings. The number of halogens is 1. The lowest BCUT2D eigenvalue weighted by molar-refractivity contribution is 0.594. The first kappa shape index (κ1) is 15.5. The zero-order valence-electron chi connectivity index (χ0n) is 11.9. The number of rotatable bonds is 4. The fourth-order valence-corrected chi connectivity index (χ4v) is 3.35. The van der Waals surface area contributed by atoms with E-state index in [1.165, 1.54) is 12.1 Å². The lowest BCUT2D eigenvalue weighted by Gasteiger charge is -2.13. The van der Waals surface area contributed by atoms with Crippen molar-refractivity contribution in [1.82, 2.24) is 0 Å². The summed E-state index contributed by atoms with van der Waals surface area (Å²) in [5.74, 6) is -0.589. The maximum atomic E-state index is 13.3. The number of anilines is 1. The molecule has 112 valence electrons. The molecule has 6 heteroatoms. The Kier molecular flexibility index (Phi) is 4.29. The minimum Gasteiger partial charge on any atom is -0.326 e. The molecule has 0 atom stereocenters. The largest absolute Gasteiger partial charge is 0.326 e. The van der Waals surface area contributed by atoms with E-state index in [4.69, 9.17) is 5.73 Å². The van der Waals surface area contributed by atoms with Crippen molar-refractivity contribution in [2.45, 2.75) is 25.3 Å². The van der Waals surface area contributed by atoms with Crippen LogP contribution < -0.4 is 10.5 Å². The van der Waals surface area contributed by atoms with Gasteiger partial charge in [-0.05, 0) is 48.7 Å². The van der Waals surface area contributed by atoms with E-state index in [2.05, 4.69) is 4.72 Å². The average Bonchev–Trinajstić information content (AvgIpc) is 2.43. The summed E-state index contributed by atoms with van der Waals surface area (Å²) in [4.78, 5) is -0.0694. The molecule has 0 saturated carbocycles. The highest BCUT2D eigenvalue weighted by Crippen LogP contribution is 2.23. The van der Waals surface area contributed by atoms with Gasteiger partial charge in [0.25, 0.3) is 10.0 Å². The van der Waals surface area contributed by atoms with Crippen LogP contribution in [0.15, 0.2) is 41.3 Å². The molecule has 0 bridgehead atoms. The van der Waals surface area contributed by atoms with Gasteiger partial charge >= 0.3 is 0 Å². The molecule has 0 amide bonds. The van der Waals surface area contributed by atoms with E-state index in [0.29, 0.717) is 17.8 Å². The van der Waals surface area contributed by atoms with Crippen LogP contribution in [-0.2, 0) is 16.6 Å². The van der Waals surface area contributed by atoms with Crippen LogP contribution >= 0.6 is 0 Å². The maximum Gasteiger partial charge on any atom is 0.262 e. The fourth-order valence-electron chi connectivity index (χ4n) is 1.97. The molecule has 0 radical (unpaired) electrons. The number of benzene rings is 2. The highest BCUT2D eigenvalue weighted by atomic mass is 32.2. The van der Waals surface area contributed by atoms with E-state index in [0.717, 1.165) is 17.2 Å². The quantitative estimate of drug-likeness (QED) is 0.912. The van der Waals surface area contributed by atoms with E-state index >= 15 is 0 Å². The number of nitrogens with one attached hydrogen (secondary N) is 1. The first-order valence-electron chi connectivity index (χ1n) is 6.42. The number of sulfonamides is 1. The summed E-state index contributed by atoms with van der Waals surface area (Å²) in [6.07, 6.45) is 0. The molecule has 4 nitrogen and oxygen atoms in total. The predicted octanol–water partition coefficient (Wildman–Crippen LogP) is 2.70. The average molecular weight is 308 g/mol. The van der Waals surface area contributed by atoms with E-state index in [1.807, 2.05) is 6.07 Å². The number of hydrogen-bond donors (Lipinski definition) is 2. The van der Waals surface area contributed by atoms with Crippen LogP contribution in [0, 0.1) is 19.7 Å². The van der Waals surface area contributed by atoms with Gasteiger partial charge in [0.05, 0.1) is 10.6 Å². The molecule has 3 N–H and O–H groups in total.